The van der Waals surface area contributed by atoms with Crippen LogP contribution >= 0.6 is 0 Å². The summed E-state index contributed by atoms with van der Waals surface area (Å²) in [5.74, 6) is -0.665. The van der Waals surface area contributed by atoms with Gasteiger partial charge in [0.05, 0.1) is 17.1 Å². The molecular formula is C26H27N5O3S. The molecule has 180 valence electrons. The van der Waals surface area contributed by atoms with E-state index >= 15 is 0 Å². The summed E-state index contributed by atoms with van der Waals surface area (Å²) in [4.78, 5) is 23.1. The van der Waals surface area contributed by atoms with Crippen LogP contribution in [0, 0.1) is 0 Å². The molecule has 4 aromatic rings. The molecule has 5 rings (SSSR count). The summed E-state index contributed by atoms with van der Waals surface area (Å²) in [6.07, 6.45) is 3.15. The second kappa shape index (κ2) is 9.50. The molecule has 0 saturated carbocycles. The molecule has 9 heteroatoms. The Balaban J connectivity index is 1.46. The number of nitrogens with zero attached hydrogens (tertiary/aromatic N) is 4. The van der Waals surface area contributed by atoms with E-state index in [2.05, 4.69) is 15.3 Å². The van der Waals surface area contributed by atoms with Crippen molar-refractivity contribution in [3.05, 3.63) is 84.2 Å². The third kappa shape index (κ3) is 4.39. The first kappa shape index (κ1) is 16.0. The Hall–Kier alpha value is -3.72. The largest absolute Gasteiger partial charge is 0.356 e. The molecule has 1 fully saturated rings. The van der Waals surface area contributed by atoms with Gasteiger partial charge in [0.15, 0.2) is 5.65 Å². The average Bonchev–Trinajstić information content (AvgIpc) is 3.35. The minimum absolute atomic E-state index is 0.0794. The third-order valence-electron chi connectivity index (χ3n) is 5.84. The number of hydrogen-bond donors (Lipinski definition) is 1. The van der Waals surface area contributed by atoms with E-state index in [4.69, 9.17) is 9.60 Å². The normalized spacial score (nSPS) is 20.7. The fourth-order valence-corrected chi connectivity index (χ4v) is 5.42. The smallest absolute Gasteiger partial charge is 0.269 e. The highest BCUT2D eigenvalue weighted by Crippen LogP contribution is 2.32. The molecule has 0 spiro atoms. The molecule has 8 nitrogen and oxygen atoms in total. The lowest BCUT2D eigenvalue weighted by Crippen LogP contribution is -2.45. The van der Waals surface area contributed by atoms with Crippen molar-refractivity contribution >= 4 is 32.8 Å². The van der Waals surface area contributed by atoms with E-state index in [1.54, 1.807) is 18.2 Å². The first-order valence-electron chi connectivity index (χ1n) is 14.6. The lowest BCUT2D eigenvalue weighted by molar-refractivity contribution is 0.0931. The zero-order valence-electron chi connectivity index (χ0n) is 25.9. The lowest BCUT2D eigenvalue weighted by Gasteiger charge is -2.33. The van der Waals surface area contributed by atoms with Crippen molar-refractivity contribution in [3.8, 4) is 0 Å². The second-order valence-electron chi connectivity index (χ2n) is 7.99. The molecule has 1 aliphatic rings. The molecule has 1 amide bonds. The molecular weight excluding hydrogens is 462 g/mol. The first-order chi connectivity index (χ1) is 19.8. The van der Waals surface area contributed by atoms with Crippen molar-refractivity contribution in [2.75, 3.05) is 17.9 Å². The Morgan fingerprint density at radius 1 is 1.17 bits per heavy atom. The van der Waals surface area contributed by atoms with Crippen LogP contribution in [0.3, 0.4) is 0 Å². The van der Waals surface area contributed by atoms with Gasteiger partial charge in [-0.15, -0.1) is 0 Å². The van der Waals surface area contributed by atoms with Crippen molar-refractivity contribution in [2.24, 2.45) is 0 Å². The molecule has 35 heavy (non-hydrogen) atoms. The number of nitrogens with one attached hydrogen (secondary N) is 1. The molecule has 1 saturated heterocycles. The van der Waals surface area contributed by atoms with Crippen LogP contribution in [0.5, 0.6) is 0 Å². The van der Waals surface area contributed by atoms with Gasteiger partial charge in [0.2, 0.25) is 0 Å². The highest BCUT2D eigenvalue weighted by molar-refractivity contribution is 7.90. The van der Waals surface area contributed by atoms with Gasteiger partial charge < -0.3 is 10.2 Å². The number of rotatable bonds is 6. The summed E-state index contributed by atoms with van der Waals surface area (Å²) in [6, 6.07) is 4.06. The zero-order valence-corrected chi connectivity index (χ0v) is 19.7. The van der Waals surface area contributed by atoms with E-state index in [9.17, 15) is 13.2 Å². The fourth-order valence-electron chi connectivity index (χ4n) is 4.06. The molecule has 3 heterocycles. The minimum Gasteiger partial charge on any atom is -0.356 e. The van der Waals surface area contributed by atoms with E-state index in [1.165, 1.54) is 29.6 Å². The molecule has 1 unspecified atom stereocenters. The lowest BCUT2D eigenvalue weighted by atomic mass is 10.0. The summed E-state index contributed by atoms with van der Waals surface area (Å²) in [6.45, 7) is -0.118. The molecule has 1 N–H and O–H groups in total. The van der Waals surface area contributed by atoms with Gasteiger partial charge in [0.25, 0.3) is 15.9 Å². The Labute approximate surface area is 214 Å². The predicted octanol–water partition coefficient (Wildman–Crippen LogP) is 3.63. The second-order valence-corrected chi connectivity index (χ2v) is 9.81. The maximum atomic E-state index is 13.5. The van der Waals surface area contributed by atoms with Crippen LogP contribution in [0.2, 0.25) is 0 Å². The summed E-state index contributed by atoms with van der Waals surface area (Å²) in [5.41, 5.74) is 0.232. The van der Waals surface area contributed by atoms with Gasteiger partial charge >= 0.3 is 0 Å². The first-order valence-corrected chi connectivity index (χ1v) is 12.5. The number of carbonyl (C=O) groups is 1. The topological polar surface area (TPSA) is 97.2 Å². The van der Waals surface area contributed by atoms with Crippen LogP contribution in [0.25, 0.3) is 11.0 Å². The number of aryl methyl sites for hydroxylation is 1. The third-order valence-corrected chi connectivity index (χ3v) is 7.50. The molecule has 0 radical (unpaired) electrons. The van der Waals surface area contributed by atoms with Crippen molar-refractivity contribution in [1.29, 1.82) is 0 Å². The number of hydrogen-bond acceptors (Lipinski definition) is 6. The highest BCUT2D eigenvalue weighted by atomic mass is 32.2. The van der Waals surface area contributed by atoms with E-state index in [0.717, 1.165) is 3.97 Å². The fraction of sp³-hybridized carbons (Fsp3) is 0.269. The minimum atomic E-state index is -4.00. The van der Waals surface area contributed by atoms with Gasteiger partial charge in [0.1, 0.15) is 12.1 Å². The summed E-state index contributed by atoms with van der Waals surface area (Å²) in [5, 5.41) is 3.04. The number of amides is 1. The Morgan fingerprint density at radius 3 is 2.66 bits per heavy atom. The Morgan fingerprint density at radius 2 is 1.94 bits per heavy atom. The molecule has 1 atom stereocenters. The molecule has 2 aromatic heterocycles. The SMILES string of the molecule is [2H]c1c([2H])c([2H])c(C(=O)NC2CCN(c3ncnc4c3c(CC)cn4S(=O)(=O)c3ccccc3)C([2H])([2H])C2)c([2H])c1[2H]. The number of piperidine rings is 1. The van der Waals surface area contributed by atoms with Crippen LogP contribution in [0.15, 0.2) is 78.0 Å². The van der Waals surface area contributed by atoms with Crippen LogP contribution in [-0.2, 0) is 16.4 Å². The Kier molecular flexibility index (Phi) is 4.35. The maximum absolute atomic E-state index is 13.5. The highest BCUT2D eigenvalue weighted by Gasteiger charge is 2.27. The van der Waals surface area contributed by atoms with Crippen molar-refractivity contribution in [1.82, 2.24) is 19.3 Å². The molecule has 1 aliphatic heterocycles. The van der Waals surface area contributed by atoms with Gasteiger partial charge in [-0.25, -0.2) is 22.4 Å². The number of benzene rings is 2. The van der Waals surface area contributed by atoms with Crippen LogP contribution in [-0.4, -0.2) is 47.3 Å². The zero-order chi connectivity index (χ0) is 30.6. The number of carbonyl (C=O) groups excluding carboxylic acids is 1. The summed E-state index contributed by atoms with van der Waals surface area (Å²) < 4.78 is 85.2. The average molecular weight is 497 g/mol. The number of anilines is 1. The van der Waals surface area contributed by atoms with Gasteiger partial charge in [-0.05, 0) is 49.0 Å². The van der Waals surface area contributed by atoms with E-state index in [0.29, 0.717) is 17.4 Å². The monoisotopic (exact) mass is 496 g/mol. The molecule has 0 aliphatic carbocycles. The van der Waals surface area contributed by atoms with Crippen LogP contribution in [0.1, 0.15) is 45.3 Å². The molecule has 2 aromatic carbocycles. The molecule has 0 bridgehead atoms. The maximum Gasteiger partial charge on any atom is 0.269 e. The summed E-state index contributed by atoms with van der Waals surface area (Å²) in [7, 11) is -4.00. The predicted molar refractivity (Wildman–Crippen MR) is 135 cm³/mol. The van der Waals surface area contributed by atoms with Gasteiger partial charge in [-0.2, -0.15) is 0 Å². The summed E-state index contributed by atoms with van der Waals surface area (Å²) >= 11 is 0. The Bertz CT molecular complexity index is 1790. The van der Waals surface area contributed by atoms with Crippen molar-refractivity contribution < 1.29 is 22.8 Å². The van der Waals surface area contributed by atoms with Crippen molar-refractivity contribution in [3.63, 3.8) is 0 Å². The van der Waals surface area contributed by atoms with Crippen LogP contribution in [0.4, 0.5) is 5.82 Å². The van der Waals surface area contributed by atoms with Gasteiger partial charge in [-0.1, -0.05) is 43.3 Å². The quantitative estimate of drug-likeness (QED) is 0.438. The van der Waals surface area contributed by atoms with Gasteiger partial charge in [-0.3, -0.25) is 4.79 Å². The van der Waals surface area contributed by atoms with E-state index in [1.807, 2.05) is 6.92 Å². The standard InChI is InChI=1S/C26H27N5O3S/c1-2-19-17-31(35(33,34)22-11-7-4-8-12-22)25-23(19)24(27-18-28-25)30-15-13-21(14-16-30)29-26(32)20-9-5-3-6-10-20/h3-12,17-18,21H,2,13-16H2,1H3,(H,29,32)/i3D,5D,6D,9D,10D,15D2. The van der Waals surface area contributed by atoms with E-state index < -0.39 is 64.2 Å². The van der Waals surface area contributed by atoms with Gasteiger partial charge in [0, 0.05) is 33.6 Å². The van der Waals surface area contributed by atoms with E-state index in [-0.39, 0.29) is 35.7 Å². The van der Waals surface area contributed by atoms with Crippen molar-refractivity contribution in [2.45, 2.75) is 37.1 Å². The number of aromatic nitrogens is 3. The van der Waals surface area contributed by atoms with Crippen LogP contribution < -0.4 is 10.2 Å². The number of fused-ring (bicyclic) bond motifs is 1.